The Balaban J connectivity index is 1.53. The number of rotatable bonds is 3. The fourth-order valence-corrected chi connectivity index (χ4v) is 3.01. The van der Waals surface area contributed by atoms with Crippen molar-refractivity contribution in [2.45, 2.75) is 19.3 Å². The maximum atomic E-state index is 13.2. The number of carbonyl (C=O) groups is 1. The molecule has 0 N–H and O–H groups in total. The molecule has 1 saturated heterocycles. The van der Waals surface area contributed by atoms with Crippen LogP contribution in [0.3, 0.4) is 0 Å². The maximum absolute atomic E-state index is 13.2. The van der Waals surface area contributed by atoms with Gasteiger partial charge in [0, 0.05) is 30.1 Å². The van der Waals surface area contributed by atoms with Gasteiger partial charge in [-0.25, -0.2) is 9.18 Å². The van der Waals surface area contributed by atoms with Gasteiger partial charge in [-0.1, -0.05) is 23.7 Å². The first-order chi connectivity index (χ1) is 12.2. The second kappa shape index (κ2) is 6.64. The molecule has 1 aromatic heterocycles. The Kier molecular flexibility index (Phi) is 4.19. The van der Waals surface area contributed by atoms with Crippen LogP contribution in [0.2, 0.25) is 0 Å². The average molecular weight is 340 g/mol. The third-order valence-electron chi connectivity index (χ3n) is 4.36. The van der Waals surface area contributed by atoms with Crippen molar-refractivity contribution in [3.05, 3.63) is 53.8 Å². The minimum atomic E-state index is -0.369. The number of nitrogens with zero attached hydrogens (tertiary/aromatic N) is 2. The van der Waals surface area contributed by atoms with E-state index in [1.807, 2.05) is 0 Å². The first-order valence-corrected chi connectivity index (χ1v) is 8.33. The van der Waals surface area contributed by atoms with E-state index in [1.165, 1.54) is 18.6 Å². The molecule has 1 fully saturated rings. The molecule has 1 aliphatic heterocycles. The topological polar surface area (TPSA) is 55.6 Å². The van der Waals surface area contributed by atoms with E-state index in [0.29, 0.717) is 16.8 Å². The lowest BCUT2D eigenvalue weighted by molar-refractivity contribution is -0.119. The van der Waals surface area contributed by atoms with Crippen molar-refractivity contribution in [2.24, 2.45) is 0 Å². The molecule has 0 saturated carbocycles. The monoisotopic (exact) mass is 340 g/mol. The van der Waals surface area contributed by atoms with Crippen molar-refractivity contribution in [1.29, 1.82) is 0 Å². The highest BCUT2D eigenvalue weighted by Crippen LogP contribution is 2.28. The summed E-state index contributed by atoms with van der Waals surface area (Å²) in [5.74, 6) is -0.730. The molecule has 0 amide bonds. The summed E-state index contributed by atoms with van der Waals surface area (Å²) in [4.78, 5) is 17.6. The SMILES string of the molecule is O=C(ON1CCCCC1)c1ccc(-c2noc3cc(F)ccc23)cc1. The van der Waals surface area contributed by atoms with Gasteiger partial charge in [-0.05, 0) is 37.1 Å². The van der Waals surface area contributed by atoms with Crippen molar-refractivity contribution < 1.29 is 18.5 Å². The van der Waals surface area contributed by atoms with Gasteiger partial charge in [0.25, 0.3) is 0 Å². The highest BCUT2D eigenvalue weighted by Gasteiger charge is 2.17. The molecule has 6 heteroatoms. The van der Waals surface area contributed by atoms with E-state index in [2.05, 4.69) is 5.16 Å². The molecular weight excluding hydrogens is 323 g/mol. The normalized spacial score (nSPS) is 15.4. The van der Waals surface area contributed by atoms with Crippen molar-refractivity contribution >= 4 is 16.9 Å². The summed E-state index contributed by atoms with van der Waals surface area (Å²) < 4.78 is 18.4. The van der Waals surface area contributed by atoms with E-state index < -0.39 is 0 Å². The fourth-order valence-electron chi connectivity index (χ4n) is 3.01. The zero-order chi connectivity index (χ0) is 17.2. The van der Waals surface area contributed by atoms with Crippen LogP contribution in [0, 0.1) is 5.82 Å². The van der Waals surface area contributed by atoms with Crippen LogP contribution in [0.1, 0.15) is 29.6 Å². The lowest BCUT2D eigenvalue weighted by Crippen LogP contribution is -2.32. The van der Waals surface area contributed by atoms with Crippen molar-refractivity contribution in [3.63, 3.8) is 0 Å². The van der Waals surface area contributed by atoms with Gasteiger partial charge in [0.1, 0.15) is 11.5 Å². The van der Waals surface area contributed by atoms with Crippen LogP contribution in [0.4, 0.5) is 4.39 Å². The third kappa shape index (κ3) is 3.25. The summed E-state index contributed by atoms with van der Waals surface area (Å²) in [7, 11) is 0. The molecule has 0 spiro atoms. The Bertz CT molecular complexity index is 899. The van der Waals surface area contributed by atoms with Crippen LogP contribution < -0.4 is 0 Å². The fraction of sp³-hybridized carbons (Fsp3) is 0.263. The Morgan fingerprint density at radius 2 is 1.84 bits per heavy atom. The molecule has 2 heterocycles. The van der Waals surface area contributed by atoms with Crippen LogP contribution in [-0.4, -0.2) is 29.3 Å². The quantitative estimate of drug-likeness (QED) is 0.715. The molecule has 4 rings (SSSR count). The number of benzene rings is 2. The number of piperidine rings is 1. The van der Waals surface area contributed by atoms with Gasteiger partial charge >= 0.3 is 5.97 Å². The molecule has 3 aromatic rings. The largest absolute Gasteiger partial charge is 0.364 e. The third-order valence-corrected chi connectivity index (χ3v) is 4.36. The van der Waals surface area contributed by atoms with Gasteiger partial charge in [0.15, 0.2) is 5.58 Å². The Morgan fingerprint density at radius 1 is 1.08 bits per heavy atom. The Labute approximate surface area is 143 Å². The van der Waals surface area contributed by atoms with Gasteiger partial charge in [-0.3, -0.25) is 0 Å². The van der Waals surface area contributed by atoms with Crippen LogP contribution in [-0.2, 0) is 4.84 Å². The molecule has 2 aromatic carbocycles. The minimum absolute atomic E-state index is 0.361. The Morgan fingerprint density at radius 3 is 2.60 bits per heavy atom. The molecule has 0 aliphatic carbocycles. The zero-order valence-electron chi connectivity index (χ0n) is 13.6. The zero-order valence-corrected chi connectivity index (χ0v) is 13.6. The number of carbonyl (C=O) groups excluding carboxylic acids is 1. The summed E-state index contributed by atoms with van der Waals surface area (Å²) in [6.07, 6.45) is 3.27. The summed E-state index contributed by atoms with van der Waals surface area (Å²) in [6, 6.07) is 11.3. The highest BCUT2D eigenvalue weighted by molar-refractivity contribution is 5.93. The van der Waals surface area contributed by atoms with E-state index >= 15 is 0 Å². The van der Waals surface area contributed by atoms with E-state index in [9.17, 15) is 9.18 Å². The first kappa shape index (κ1) is 15.8. The second-order valence-corrected chi connectivity index (χ2v) is 6.12. The number of hydrogen-bond donors (Lipinski definition) is 0. The van der Waals surface area contributed by atoms with Crippen LogP contribution in [0.5, 0.6) is 0 Å². The van der Waals surface area contributed by atoms with Crippen LogP contribution >= 0.6 is 0 Å². The van der Waals surface area contributed by atoms with Gasteiger partial charge in [0.05, 0.1) is 5.56 Å². The predicted octanol–water partition coefficient (Wildman–Crippen LogP) is 4.19. The predicted molar refractivity (Wildman–Crippen MR) is 90.2 cm³/mol. The van der Waals surface area contributed by atoms with Gasteiger partial charge in [0.2, 0.25) is 0 Å². The number of fused-ring (bicyclic) bond motifs is 1. The number of hydrogen-bond acceptors (Lipinski definition) is 5. The minimum Gasteiger partial charge on any atom is -0.364 e. The van der Waals surface area contributed by atoms with Crippen molar-refractivity contribution in [2.75, 3.05) is 13.1 Å². The van der Waals surface area contributed by atoms with Gasteiger partial charge in [-0.15, -0.1) is 5.06 Å². The molecule has 0 unspecified atom stereocenters. The van der Waals surface area contributed by atoms with Crippen molar-refractivity contribution in [3.8, 4) is 11.3 Å². The van der Waals surface area contributed by atoms with E-state index in [0.717, 1.165) is 36.9 Å². The van der Waals surface area contributed by atoms with E-state index in [-0.39, 0.29) is 11.8 Å². The van der Waals surface area contributed by atoms with E-state index in [1.54, 1.807) is 35.4 Å². The molecule has 25 heavy (non-hydrogen) atoms. The summed E-state index contributed by atoms with van der Waals surface area (Å²) in [5, 5.41) is 6.46. The average Bonchev–Trinajstić information content (AvgIpc) is 3.05. The number of halogens is 1. The molecule has 0 atom stereocenters. The molecule has 1 aliphatic rings. The van der Waals surface area contributed by atoms with Crippen LogP contribution in [0.25, 0.3) is 22.2 Å². The smallest absolute Gasteiger partial charge is 0.357 e. The molecular formula is C19H17FN2O3. The molecule has 0 radical (unpaired) electrons. The maximum Gasteiger partial charge on any atom is 0.357 e. The lowest BCUT2D eigenvalue weighted by atomic mass is 10.1. The first-order valence-electron chi connectivity index (χ1n) is 8.33. The standard InChI is InChI=1S/C19H17FN2O3/c20-15-8-9-16-17(12-15)24-21-18(16)13-4-6-14(7-5-13)19(23)25-22-10-2-1-3-11-22/h4-9,12H,1-3,10-11H2. The molecule has 5 nitrogen and oxygen atoms in total. The molecule has 0 bridgehead atoms. The Hall–Kier alpha value is -2.73. The summed E-state index contributed by atoms with van der Waals surface area (Å²) >= 11 is 0. The van der Waals surface area contributed by atoms with Gasteiger partial charge in [-0.2, -0.15) is 0 Å². The lowest BCUT2D eigenvalue weighted by Gasteiger charge is -2.24. The van der Waals surface area contributed by atoms with E-state index in [4.69, 9.17) is 9.36 Å². The summed E-state index contributed by atoms with van der Waals surface area (Å²) in [6.45, 7) is 1.57. The second-order valence-electron chi connectivity index (χ2n) is 6.12. The summed E-state index contributed by atoms with van der Waals surface area (Å²) in [5.41, 5.74) is 2.28. The number of hydroxylamine groups is 2. The highest BCUT2D eigenvalue weighted by atomic mass is 19.1. The number of aromatic nitrogens is 1. The van der Waals surface area contributed by atoms with Gasteiger partial charge < -0.3 is 9.36 Å². The molecule has 128 valence electrons. The van der Waals surface area contributed by atoms with Crippen molar-refractivity contribution in [1.82, 2.24) is 10.2 Å². The van der Waals surface area contributed by atoms with Crippen LogP contribution in [0.15, 0.2) is 47.0 Å².